The van der Waals surface area contributed by atoms with Crippen LogP contribution in [0.2, 0.25) is 0 Å². The Morgan fingerprint density at radius 1 is 1.50 bits per heavy atom. The quantitative estimate of drug-likeness (QED) is 0.825. The van der Waals surface area contributed by atoms with Crippen LogP contribution in [-0.4, -0.2) is 36.0 Å². The molecule has 1 aromatic rings. The monoisotopic (exact) mass is 222 g/mol. The zero-order valence-corrected chi connectivity index (χ0v) is 9.59. The van der Waals surface area contributed by atoms with E-state index in [4.69, 9.17) is 10.5 Å². The summed E-state index contributed by atoms with van der Waals surface area (Å²) in [5.74, 6) is 1.32. The minimum atomic E-state index is 0.333. The molecule has 0 amide bonds. The van der Waals surface area contributed by atoms with E-state index in [0.717, 1.165) is 38.4 Å². The second-order valence-electron chi connectivity index (χ2n) is 3.99. The Bertz CT molecular complexity index is 321. The van der Waals surface area contributed by atoms with Crippen LogP contribution in [0.3, 0.4) is 0 Å². The van der Waals surface area contributed by atoms with Gasteiger partial charge < -0.3 is 15.4 Å². The molecule has 1 aliphatic heterocycles. The largest absolute Gasteiger partial charge is 0.382 e. The molecule has 0 aromatic carbocycles. The Morgan fingerprint density at radius 3 is 2.94 bits per heavy atom. The number of hydrogen-bond donors (Lipinski definition) is 1. The molecule has 1 atom stereocenters. The fourth-order valence-electron chi connectivity index (χ4n) is 1.92. The van der Waals surface area contributed by atoms with E-state index in [1.54, 1.807) is 6.07 Å². The Hall–Kier alpha value is -1.36. The Morgan fingerprint density at radius 2 is 2.38 bits per heavy atom. The molecule has 2 heterocycles. The third-order valence-corrected chi connectivity index (χ3v) is 2.82. The van der Waals surface area contributed by atoms with Gasteiger partial charge >= 0.3 is 0 Å². The van der Waals surface area contributed by atoms with Gasteiger partial charge in [0, 0.05) is 19.7 Å². The molecule has 1 saturated heterocycles. The summed E-state index contributed by atoms with van der Waals surface area (Å²) in [4.78, 5) is 2.17. The lowest BCUT2D eigenvalue weighted by Crippen LogP contribution is -2.32. The first-order valence-corrected chi connectivity index (χ1v) is 5.75. The van der Waals surface area contributed by atoms with Crippen LogP contribution in [0.15, 0.2) is 12.1 Å². The molecule has 1 aliphatic rings. The van der Waals surface area contributed by atoms with Crippen molar-refractivity contribution in [2.45, 2.75) is 25.9 Å². The van der Waals surface area contributed by atoms with Gasteiger partial charge in [-0.05, 0) is 31.9 Å². The van der Waals surface area contributed by atoms with Crippen molar-refractivity contribution in [3.05, 3.63) is 12.1 Å². The first-order valence-electron chi connectivity index (χ1n) is 5.75. The summed E-state index contributed by atoms with van der Waals surface area (Å²) in [5, 5.41) is 7.95. The van der Waals surface area contributed by atoms with Gasteiger partial charge in [0.15, 0.2) is 5.82 Å². The molecule has 0 radical (unpaired) electrons. The van der Waals surface area contributed by atoms with E-state index in [0.29, 0.717) is 11.9 Å². The van der Waals surface area contributed by atoms with Gasteiger partial charge in [0.25, 0.3) is 0 Å². The zero-order chi connectivity index (χ0) is 11.4. The molecule has 0 bridgehead atoms. The van der Waals surface area contributed by atoms with Crippen LogP contribution in [-0.2, 0) is 4.74 Å². The summed E-state index contributed by atoms with van der Waals surface area (Å²) in [6.07, 6.45) is 2.63. The van der Waals surface area contributed by atoms with Crippen molar-refractivity contribution in [2.24, 2.45) is 0 Å². The topological polar surface area (TPSA) is 64.3 Å². The molecule has 1 fully saturated rings. The molecule has 88 valence electrons. The maximum Gasteiger partial charge on any atom is 0.151 e. The number of nitrogen functional groups attached to an aromatic ring is 1. The van der Waals surface area contributed by atoms with Crippen LogP contribution in [0, 0.1) is 0 Å². The molecule has 1 aromatic heterocycles. The third-order valence-electron chi connectivity index (χ3n) is 2.82. The van der Waals surface area contributed by atoms with Crippen molar-refractivity contribution in [1.82, 2.24) is 10.2 Å². The Balaban J connectivity index is 2.00. The smallest absolute Gasteiger partial charge is 0.151 e. The van der Waals surface area contributed by atoms with Gasteiger partial charge in [0.2, 0.25) is 0 Å². The van der Waals surface area contributed by atoms with Crippen molar-refractivity contribution in [1.29, 1.82) is 0 Å². The first kappa shape index (κ1) is 11.1. The van der Waals surface area contributed by atoms with Crippen molar-refractivity contribution in [2.75, 3.05) is 30.3 Å². The van der Waals surface area contributed by atoms with Crippen LogP contribution in [0.1, 0.15) is 19.8 Å². The number of rotatable bonds is 4. The molecular formula is C11H18N4O. The number of nitrogens with zero attached hydrogens (tertiary/aromatic N) is 3. The molecule has 16 heavy (non-hydrogen) atoms. The Labute approximate surface area is 95.6 Å². The first-order chi connectivity index (χ1) is 7.79. The summed E-state index contributed by atoms with van der Waals surface area (Å²) in [6, 6.07) is 3.68. The lowest BCUT2D eigenvalue weighted by atomic mass is 10.2. The minimum Gasteiger partial charge on any atom is -0.382 e. The average molecular weight is 222 g/mol. The second kappa shape index (κ2) is 5.12. The molecule has 0 saturated carbocycles. The second-order valence-corrected chi connectivity index (χ2v) is 3.99. The number of nitrogens with two attached hydrogens (primary N) is 1. The third kappa shape index (κ3) is 2.61. The van der Waals surface area contributed by atoms with Crippen LogP contribution in [0.5, 0.6) is 0 Å². The summed E-state index contributed by atoms with van der Waals surface area (Å²) >= 11 is 0. The van der Waals surface area contributed by atoms with E-state index < -0.39 is 0 Å². The highest BCUT2D eigenvalue weighted by Gasteiger charge is 2.19. The highest BCUT2D eigenvalue weighted by atomic mass is 16.5. The zero-order valence-electron chi connectivity index (χ0n) is 9.59. The normalized spacial score (nSPS) is 19.9. The molecule has 2 N–H and O–H groups in total. The number of aromatic nitrogens is 2. The number of ether oxygens (including phenoxy) is 1. The van der Waals surface area contributed by atoms with E-state index in [1.165, 1.54) is 0 Å². The highest BCUT2D eigenvalue weighted by Crippen LogP contribution is 2.17. The van der Waals surface area contributed by atoms with Gasteiger partial charge in [-0.2, -0.15) is 0 Å². The molecular weight excluding hydrogens is 204 g/mol. The van der Waals surface area contributed by atoms with E-state index in [9.17, 15) is 0 Å². The molecule has 5 heteroatoms. The van der Waals surface area contributed by atoms with Gasteiger partial charge in [0.05, 0.1) is 6.10 Å². The molecule has 5 nitrogen and oxygen atoms in total. The number of likely N-dealkylation sites (N-methyl/N-ethyl adjacent to an activating group) is 1. The van der Waals surface area contributed by atoms with Crippen LogP contribution < -0.4 is 10.6 Å². The van der Waals surface area contributed by atoms with Gasteiger partial charge in [-0.3, -0.25) is 0 Å². The van der Waals surface area contributed by atoms with Crippen molar-refractivity contribution < 1.29 is 4.74 Å². The van der Waals surface area contributed by atoms with E-state index >= 15 is 0 Å². The van der Waals surface area contributed by atoms with E-state index in [-0.39, 0.29) is 0 Å². The van der Waals surface area contributed by atoms with Crippen molar-refractivity contribution in [3.63, 3.8) is 0 Å². The highest BCUT2D eigenvalue weighted by molar-refractivity contribution is 5.41. The lowest BCUT2D eigenvalue weighted by molar-refractivity contribution is 0.115. The van der Waals surface area contributed by atoms with Crippen molar-refractivity contribution >= 4 is 11.6 Å². The molecule has 1 unspecified atom stereocenters. The Kier molecular flexibility index (Phi) is 3.56. The number of anilines is 2. The van der Waals surface area contributed by atoms with Gasteiger partial charge in [-0.1, -0.05) is 0 Å². The van der Waals surface area contributed by atoms with Gasteiger partial charge in [-0.25, -0.2) is 0 Å². The van der Waals surface area contributed by atoms with E-state index in [2.05, 4.69) is 22.0 Å². The van der Waals surface area contributed by atoms with Gasteiger partial charge in [-0.15, -0.1) is 10.2 Å². The minimum absolute atomic E-state index is 0.333. The van der Waals surface area contributed by atoms with Crippen LogP contribution >= 0.6 is 0 Å². The van der Waals surface area contributed by atoms with Crippen molar-refractivity contribution in [3.8, 4) is 0 Å². The maximum atomic E-state index is 5.62. The summed E-state index contributed by atoms with van der Waals surface area (Å²) in [6.45, 7) is 4.77. The molecule has 2 rings (SSSR count). The predicted molar refractivity (Wildman–Crippen MR) is 63.3 cm³/mol. The maximum absolute atomic E-state index is 5.62. The summed E-state index contributed by atoms with van der Waals surface area (Å²) < 4.78 is 5.62. The fourth-order valence-corrected chi connectivity index (χ4v) is 1.92. The average Bonchev–Trinajstić information content (AvgIpc) is 2.80. The SMILES string of the molecule is CCN(CC1CCCO1)c1ccc(N)nn1. The fraction of sp³-hybridized carbons (Fsp3) is 0.636. The lowest BCUT2D eigenvalue weighted by Gasteiger charge is -2.24. The molecule has 0 spiro atoms. The summed E-state index contributed by atoms with van der Waals surface area (Å²) in [5.41, 5.74) is 5.52. The predicted octanol–water partition coefficient (Wildman–Crippen LogP) is 1.06. The summed E-state index contributed by atoms with van der Waals surface area (Å²) in [7, 11) is 0. The standard InChI is InChI=1S/C11H18N4O/c1-2-15(8-9-4-3-7-16-9)11-6-5-10(12)13-14-11/h5-6,9H,2-4,7-8H2,1H3,(H2,12,13). The van der Waals surface area contributed by atoms with Crippen LogP contribution in [0.25, 0.3) is 0 Å². The number of hydrogen-bond acceptors (Lipinski definition) is 5. The van der Waals surface area contributed by atoms with Gasteiger partial charge in [0.1, 0.15) is 5.82 Å². The van der Waals surface area contributed by atoms with E-state index in [1.807, 2.05) is 6.07 Å². The molecule has 0 aliphatic carbocycles. The van der Waals surface area contributed by atoms with Crippen LogP contribution in [0.4, 0.5) is 11.6 Å².